The van der Waals surface area contributed by atoms with E-state index in [1.54, 1.807) is 6.92 Å². The molecule has 10 heavy (non-hydrogen) atoms. The van der Waals surface area contributed by atoms with Crippen LogP contribution in [0.2, 0.25) is 0 Å². The first-order valence-electron chi connectivity index (χ1n) is 3.15. The van der Waals surface area contributed by atoms with Crippen LogP contribution in [0.15, 0.2) is 0 Å². The van der Waals surface area contributed by atoms with Gasteiger partial charge in [-0.1, -0.05) is 0 Å². The molecule has 1 rings (SSSR count). The first kappa shape index (κ1) is 9.72. The average Bonchev–Trinajstić information content (AvgIpc) is 2.50. The van der Waals surface area contributed by atoms with E-state index >= 15 is 0 Å². The lowest BCUT2D eigenvalue weighted by Gasteiger charge is -2.05. The summed E-state index contributed by atoms with van der Waals surface area (Å²) in [6.45, 7) is 2.21. The molecule has 0 aromatic rings. The lowest BCUT2D eigenvalue weighted by atomic mass is 10.3. The van der Waals surface area contributed by atoms with Crippen LogP contribution in [0.1, 0.15) is 19.8 Å². The number of nitrogens with two attached hydrogens (primary N) is 1. The molecule has 0 heterocycles. The van der Waals surface area contributed by atoms with Gasteiger partial charge in [-0.15, -0.1) is 12.4 Å². The molecule has 0 aliphatic heterocycles. The molecule has 0 bridgehead atoms. The maximum absolute atomic E-state index is 10.8. The van der Waals surface area contributed by atoms with Crippen LogP contribution in [-0.4, -0.2) is 18.1 Å². The number of esters is 1. The summed E-state index contributed by atoms with van der Waals surface area (Å²) in [6.07, 6.45) is 1.57. The Bertz CT molecular complexity index is 134. The van der Waals surface area contributed by atoms with E-state index in [4.69, 9.17) is 10.5 Å². The highest BCUT2D eigenvalue weighted by Crippen LogP contribution is 2.33. The van der Waals surface area contributed by atoms with Crippen molar-refractivity contribution in [2.45, 2.75) is 25.3 Å². The van der Waals surface area contributed by atoms with Gasteiger partial charge in [0.1, 0.15) is 5.54 Å². The minimum Gasteiger partial charge on any atom is -0.465 e. The molecule has 1 aliphatic carbocycles. The van der Waals surface area contributed by atoms with Gasteiger partial charge in [0.25, 0.3) is 0 Å². The Hall–Kier alpha value is -0.280. The number of ether oxygens (including phenoxy) is 1. The fourth-order valence-corrected chi connectivity index (χ4v) is 0.614. The third-order valence-electron chi connectivity index (χ3n) is 1.47. The average molecular weight is 166 g/mol. The minimum atomic E-state index is -0.601. The van der Waals surface area contributed by atoms with Crippen molar-refractivity contribution in [3.8, 4) is 0 Å². The second-order valence-corrected chi connectivity index (χ2v) is 2.38. The van der Waals surface area contributed by atoms with Crippen molar-refractivity contribution < 1.29 is 9.53 Å². The first-order valence-corrected chi connectivity index (χ1v) is 3.15. The molecule has 0 radical (unpaired) electrons. The Morgan fingerprint density at radius 2 is 2.20 bits per heavy atom. The SMILES string of the molecule is CCOC(=O)C1(N)CC1.Cl. The molecule has 0 amide bonds. The lowest BCUT2D eigenvalue weighted by molar-refractivity contribution is -0.145. The molecule has 0 spiro atoms. The van der Waals surface area contributed by atoms with Crippen molar-refractivity contribution in [3.63, 3.8) is 0 Å². The summed E-state index contributed by atoms with van der Waals surface area (Å²) in [5.41, 5.74) is 4.90. The fourth-order valence-electron chi connectivity index (χ4n) is 0.614. The van der Waals surface area contributed by atoms with Gasteiger partial charge in [-0.25, -0.2) is 0 Å². The van der Waals surface area contributed by atoms with Crippen molar-refractivity contribution in [2.75, 3.05) is 6.61 Å². The molecule has 0 unspecified atom stereocenters. The van der Waals surface area contributed by atoms with E-state index in [1.165, 1.54) is 0 Å². The van der Waals surface area contributed by atoms with Crippen molar-refractivity contribution in [2.24, 2.45) is 5.73 Å². The predicted octanol–water partition coefficient (Wildman–Crippen LogP) is 0.463. The van der Waals surface area contributed by atoms with Crippen LogP contribution in [0.3, 0.4) is 0 Å². The van der Waals surface area contributed by atoms with Gasteiger partial charge in [-0.3, -0.25) is 4.79 Å². The summed E-state index contributed by atoms with van der Waals surface area (Å²) in [5.74, 6) is -0.245. The van der Waals surface area contributed by atoms with Crippen LogP contribution in [0.5, 0.6) is 0 Å². The van der Waals surface area contributed by atoms with E-state index in [2.05, 4.69) is 0 Å². The molecule has 0 atom stereocenters. The van der Waals surface area contributed by atoms with Gasteiger partial charge in [0, 0.05) is 0 Å². The van der Waals surface area contributed by atoms with E-state index in [1.807, 2.05) is 0 Å². The summed E-state index contributed by atoms with van der Waals surface area (Å²) in [4.78, 5) is 10.8. The van der Waals surface area contributed by atoms with Gasteiger partial charge in [0.2, 0.25) is 0 Å². The van der Waals surface area contributed by atoms with Crippen LogP contribution < -0.4 is 5.73 Å². The molecule has 1 aliphatic rings. The molecule has 1 fully saturated rings. The molecule has 1 saturated carbocycles. The topological polar surface area (TPSA) is 52.3 Å². The zero-order chi connectivity index (χ0) is 6.91. The van der Waals surface area contributed by atoms with E-state index in [9.17, 15) is 4.79 Å². The molecule has 4 heteroatoms. The second-order valence-electron chi connectivity index (χ2n) is 2.38. The number of halogens is 1. The van der Waals surface area contributed by atoms with Gasteiger partial charge < -0.3 is 10.5 Å². The molecular weight excluding hydrogens is 154 g/mol. The highest BCUT2D eigenvalue weighted by molar-refractivity contribution is 5.85. The summed E-state index contributed by atoms with van der Waals surface area (Å²) >= 11 is 0. The Morgan fingerprint density at radius 1 is 1.70 bits per heavy atom. The minimum absolute atomic E-state index is 0. The standard InChI is InChI=1S/C6H11NO2.ClH/c1-2-9-5(8)6(7)3-4-6;/h2-4,7H2,1H3;1H. The van der Waals surface area contributed by atoms with E-state index < -0.39 is 5.54 Å². The zero-order valence-corrected chi connectivity index (χ0v) is 6.74. The summed E-state index contributed by atoms with van der Waals surface area (Å²) in [5, 5.41) is 0. The molecule has 60 valence electrons. The van der Waals surface area contributed by atoms with Crippen LogP contribution >= 0.6 is 12.4 Å². The molecule has 0 saturated heterocycles. The summed E-state index contributed by atoms with van der Waals surface area (Å²) in [6, 6.07) is 0. The number of carbonyl (C=O) groups excluding carboxylic acids is 1. The van der Waals surface area contributed by atoms with E-state index in [0.29, 0.717) is 6.61 Å². The predicted molar refractivity (Wildman–Crippen MR) is 40.0 cm³/mol. The summed E-state index contributed by atoms with van der Waals surface area (Å²) < 4.78 is 4.70. The van der Waals surface area contributed by atoms with E-state index in [0.717, 1.165) is 12.8 Å². The van der Waals surface area contributed by atoms with Crippen LogP contribution in [0, 0.1) is 0 Å². The summed E-state index contributed by atoms with van der Waals surface area (Å²) in [7, 11) is 0. The highest BCUT2D eigenvalue weighted by atomic mass is 35.5. The zero-order valence-electron chi connectivity index (χ0n) is 5.92. The van der Waals surface area contributed by atoms with Crippen molar-refractivity contribution >= 4 is 18.4 Å². The number of hydrogen-bond acceptors (Lipinski definition) is 3. The van der Waals surface area contributed by atoms with Crippen LogP contribution in [0.4, 0.5) is 0 Å². The van der Waals surface area contributed by atoms with Crippen molar-refractivity contribution in [1.82, 2.24) is 0 Å². The third-order valence-corrected chi connectivity index (χ3v) is 1.47. The van der Waals surface area contributed by atoms with Crippen LogP contribution in [0.25, 0.3) is 0 Å². The molecule has 2 N–H and O–H groups in total. The molecular formula is C6H12ClNO2. The quantitative estimate of drug-likeness (QED) is 0.605. The van der Waals surface area contributed by atoms with Crippen LogP contribution in [-0.2, 0) is 9.53 Å². The third kappa shape index (κ3) is 1.85. The second kappa shape index (κ2) is 3.21. The Morgan fingerprint density at radius 3 is 2.50 bits per heavy atom. The Kier molecular flexibility index (Phi) is 3.12. The van der Waals surface area contributed by atoms with Gasteiger partial charge in [0.15, 0.2) is 0 Å². The van der Waals surface area contributed by atoms with Crippen molar-refractivity contribution in [3.05, 3.63) is 0 Å². The van der Waals surface area contributed by atoms with Crippen molar-refractivity contribution in [1.29, 1.82) is 0 Å². The normalized spacial score (nSPS) is 19.0. The molecule has 0 aromatic heterocycles. The number of rotatable bonds is 2. The maximum Gasteiger partial charge on any atom is 0.326 e. The fraction of sp³-hybridized carbons (Fsp3) is 0.833. The Balaban J connectivity index is 0.000000810. The number of hydrogen-bond donors (Lipinski definition) is 1. The maximum atomic E-state index is 10.8. The monoisotopic (exact) mass is 165 g/mol. The lowest BCUT2D eigenvalue weighted by Crippen LogP contribution is -2.34. The largest absolute Gasteiger partial charge is 0.465 e. The van der Waals surface area contributed by atoms with E-state index in [-0.39, 0.29) is 18.4 Å². The Labute approximate surface area is 66.3 Å². The first-order chi connectivity index (χ1) is 4.19. The van der Waals surface area contributed by atoms with Gasteiger partial charge >= 0.3 is 5.97 Å². The molecule has 3 nitrogen and oxygen atoms in total. The van der Waals surface area contributed by atoms with Gasteiger partial charge in [0.05, 0.1) is 6.61 Å². The number of carbonyl (C=O) groups is 1. The smallest absolute Gasteiger partial charge is 0.326 e. The van der Waals surface area contributed by atoms with Gasteiger partial charge in [-0.05, 0) is 19.8 Å². The highest BCUT2D eigenvalue weighted by Gasteiger charge is 2.47. The van der Waals surface area contributed by atoms with Gasteiger partial charge in [-0.2, -0.15) is 0 Å². The molecule has 0 aromatic carbocycles.